The second-order valence-corrected chi connectivity index (χ2v) is 10.6. The van der Waals surface area contributed by atoms with Crippen LogP contribution in [0.4, 0.5) is 0 Å². The molecule has 4 aliphatic rings. The SMILES string of the molecule is COc1ccc(Cn2cc(-c3ccc(C4=NC=C5C(N6CCC[C@H]6C(N)=O)=COCC6=C5N4CC6)cn3)cn2)cc1. The summed E-state index contributed by atoms with van der Waals surface area (Å²) in [5.41, 5.74) is 13.8. The smallest absolute Gasteiger partial charge is 0.240 e. The van der Waals surface area contributed by atoms with Gasteiger partial charge in [0.2, 0.25) is 5.91 Å². The maximum atomic E-state index is 12.1. The van der Waals surface area contributed by atoms with Gasteiger partial charge in [-0.05, 0) is 54.7 Å². The molecule has 0 aliphatic carbocycles. The molecule has 1 amide bonds. The number of primary amides is 1. The van der Waals surface area contributed by atoms with E-state index in [0.29, 0.717) is 13.2 Å². The maximum absolute atomic E-state index is 12.1. The van der Waals surface area contributed by atoms with Gasteiger partial charge in [0, 0.05) is 48.4 Å². The van der Waals surface area contributed by atoms with Crippen molar-refractivity contribution >= 4 is 11.7 Å². The summed E-state index contributed by atoms with van der Waals surface area (Å²) in [6, 6.07) is 11.7. The van der Waals surface area contributed by atoms with E-state index in [1.165, 1.54) is 5.57 Å². The molecule has 41 heavy (non-hydrogen) atoms. The van der Waals surface area contributed by atoms with Crippen LogP contribution >= 0.6 is 0 Å². The molecule has 1 aromatic carbocycles. The van der Waals surface area contributed by atoms with Crippen molar-refractivity contribution in [2.45, 2.75) is 31.8 Å². The van der Waals surface area contributed by atoms with Gasteiger partial charge in [0.05, 0.1) is 36.9 Å². The number of pyridine rings is 1. The number of ether oxygens (including phenoxy) is 2. The second kappa shape index (κ2) is 10.3. The van der Waals surface area contributed by atoms with Gasteiger partial charge in [0.15, 0.2) is 0 Å². The van der Waals surface area contributed by atoms with Gasteiger partial charge >= 0.3 is 0 Å². The van der Waals surface area contributed by atoms with Gasteiger partial charge in [0.25, 0.3) is 0 Å². The normalized spacial score (nSPS) is 19.7. The molecule has 4 aliphatic heterocycles. The quantitative estimate of drug-likeness (QED) is 0.481. The molecule has 6 heterocycles. The Morgan fingerprint density at radius 3 is 2.78 bits per heavy atom. The Morgan fingerprint density at radius 1 is 1.12 bits per heavy atom. The Bertz CT molecular complexity index is 1620. The lowest BCUT2D eigenvalue weighted by Crippen LogP contribution is -2.41. The highest BCUT2D eigenvalue weighted by Crippen LogP contribution is 2.41. The van der Waals surface area contributed by atoms with Crippen LogP contribution in [0.5, 0.6) is 5.75 Å². The number of amides is 1. The highest BCUT2D eigenvalue weighted by atomic mass is 16.5. The van der Waals surface area contributed by atoms with Crippen LogP contribution in [0.1, 0.15) is 30.4 Å². The van der Waals surface area contributed by atoms with Gasteiger partial charge in [-0.1, -0.05) is 12.1 Å². The number of methoxy groups -OCH3 is 1. The summed E-state index contributed by atoms with van der Waals surface area (Å²) in [5.74, 6) is 1.40. The molecule has 0 unspecified atom stereocenters. The first-order valence-electron chi connectivity index (χ1n) is 13.9. The number of hydrogen-bond acceptors (Lipinski definition) is 8. The summed E-state index contributed by atoms with van der Waals surface area (Å²) in [5, 5.41) is 4.53. The molecule has 1 atom stereocenters. The third kappa shape index (κ3) is 4.55. The third-order valence-electron chi connectivity index (χ3n) is 8.14. The zero-order valence-electron chi connectivity index (χ0n) is 22.9. The second-order valence-electron chi connectivity index (χ2n) is 10.6. The van der Waals surface area contributed by atoms with E-state index >= 15 is 0 Å². The Hall–Kier alpha value is -4.86. The lowest BCUT2D eigenvalue weighted by molar-refractivity contribution is -0.121. The summed E-state index contributed by atoms with van der Waals surface area (Å²) in [6.45, 7) is 2.77. The number of carbonyl (C=O) groups is 1. The van der Waals surface area contributed by atoms with Gasteiger partial charge in [-0.15, -0.1) is 0 Å². The van der Waals surface area contributed by atoms with Crippen LogP contribution < -0.4 is 10.5 Å². The van der Waals surface area contributed by atoms with Crippen molar-refractivity contribution in [1.82, 2.24) is 24.6 Å². The molecule has 0 spiro atoms. The van der Waals surface area contributed by atoms with Crippen LogP contribution in [0.25, 0.3) is 11.3 Å². The number of aromatic nitrogens is 3. The van der Waals surface area contributed by atoms with Gasteiger partial charge in [0.1, 0.15) is 30.5 Å². The van der Waals surface area contributed by atoms with Crippen molar-refractivity contribution in [3.05, 3.63) is 101 Å². The van der Waals surface area contributed by atoms with E-state index in [0.717, 1.165) is 83.3 Å². The summed E-state index contributed by atoms with van der Waals surface area (Å²) in [7, 11) is 1.66. The van der Waals surface area contributed by atoms with E-state index < -0.39 is 0 Å². The third-order valence-corrected chi connectivity index (χ3v) is 8.14. The molecule has 2 aromatic heterocycles. The Labute approximate surface area is 238 Å². The number of nitrogens with zero attached hydrogens (tertiary/aromatic N) is 6. The molecular weight excluding hydrogens is 518 g/mol. The summed E-state index contributed by atoms with van der Waals surface area (Å²) in [4.78, 5) is 26.1. The first-order chi connectivity index (χ1) is 20.1. The predicted molar refractivity (Wildman–Crippen MR) is 153 cm³/mol. The van der Waals surface area contributed by atoms with E-state index in [1.54, 1.807) is 13.4 Å². The largest absolute Gasteiger partial charge is 0.497 e. The van der Waals surface area contributed by atoms with Crippen LogP contribution in [0.15, 0.2) is 95.0 Å². The molecule has 1 saturated heterocycles. The monoisotopic (exact) mass is 549 g/mol. The van der Waals surface area contributed by atoms with Gasteiger partial charge in [-0.3, -0.25) is 14.5 Å². The van der Waals surface area contributed by atoms with Crippen molar-refractivity contribution in [3.8, 4) is 17.0 Å². The average Bonchev–Trinajstić information content (AvgIpc) is 3.74. The average molecular weight is 550 g/mol. The fourth-order valence-electron chi connectivity index (χ4n) is 6.09. The Morgan fingerprint density at radius 2 is 2.00 bits per heavy atom. The van der Waals surface area contributed by atoms with Crippen molar-refractivity contribution in [3.63, 3.8) is 0 Å². The Balaban J connectivity index is 1.13. The molecule has 0 saturated carbocycles. The fraction of sp³-hybridized carbons (Fsp3) is 0.290. The maximum Gasteiger partial charge on any atom is 0.240 e. The molecule has 0 radical (unpaired) electrons. The molecule has 10 nitrogen and oxygen atoms in total. The molecular formula is C31H31N7O3. The van der Waals surface area contributed by atoms with Crippen molar-refractivity contribution in [2.75, 3.05) is 26.8 Å². The lowest BCUT2D eigenvalue weighted by atomic mass is 10.0. The lowest BCUT2D eigenvalue weighted by Gasteiger charge is -2.33. The number of rotatable bonds is 7. The van der Waals surface area contributed by atoms with Crippen LogP contribution in [0.3, 0.4) is 0 Å². The van der Waals surface area contributed by atoms with Gasteiger partial charge in [-0.25, -0.2) is 4.99 Å². The number of hydrogen-bond donors (Lipinski definition) is 1. The van der Waals surface area contributed by atoms with Crippen LogP contribution in [-0.2, 0) is 16.1 Å². The summed E-state index contributed by atoms with van der Waals surface area (Å²) >= 11 is 0. The van der Waals surface area contributed by atoms with Crippen LogP contribution in [0.2, 0.25) is 0 Å². The highest BCUT2D eigenvalue weighted by molar-refractivity contribution is 6.02. The van der Waals surface area contributed by atoms with E-state index in [9.17, 15) is 4.79 Å². The molecule has 7 rings (SSSR count). The van der Waals surface area contributed by atoms with Crippen LogP contribution in [0, 0.1) is 0 Å². The summed E-state index contributed by atoms with van der Waals surface area (Å²) < 4.78 is 13.1. The van der Waals surface area contributed by atoms with Crippen molar-refractivity contribution in [2.24, 2.45) is 10.7 Å². The van der Waals surface area contributed by atoms with Gasteiger partial charge in [-0.2, -0.15) is 5.10 Å². The molecule has 0 bridgehead atoms. The molecule has 2 N–H and O–H groups in total. The molecule has 208 valence electrons. The minimum Gasteiger partial charge on any atom is -0.497 e. The zero-order chi connectivity index (χ0) is 27.9. The highest BCUT2D eigenvalue weighted by Gasteiger charge is 2.39. The number of nitrogens with two attached hydrogens (primary N) is 1. The molecule has 10 heteroatoms. The van der Waals surface area contributed by atoms with Crippen molar-refractivity contribution in [1.29, 1.82) is 0 Å². The van der Waals surface area contributed by atoms with Crippen molar-refractivity contribution < 1.29 is 14.3 Å². The number of likely N-dealkylation sites (tertiary alicyclic amines) is 1. The minimum absolute atomic E-state index is 0.303. The molecule has 1 fully saturated rings. The standard InChI is InChI=1S/C31H31N7O3/c1-40-24-7-4-20(5-8-24)16-36-17-23(14-35-36)26-9-6-21(13-33-26)31-34-15-25-28(37-11-2-3-27(37)30(32)39)19-41-18-22-10-12-38(31)29(22)25/h4-9,13-15,17,19,27H,2-3,10-12,16,18H2,1H3,(H2,32,39)/t27-/m0/s1. The van der Waals surface area contributed by atoms with E-state index in [-0.39, 0.29) is 11.9 Å². The van der Waals surface area contributed by atoms with E-state index in [2.05, 4.69) is 21.0 Å². The topological polar surface area (TPSA) is 111 Å². The predicted octanol–water partition coefficient (Wildman–Crippen LogP) is 3.43. The summed E-state index contributed by atoms with van der Waals surface area (Å²) in [6.07, 6.45) is 12.0. The van der Waals surface area contributed by atoms with E-state index in [1.807, 2.05) is 59.8 Å². The number of amidine groups is 1. The minimum atomic E-state index is -0.328. The zero-order valence-corrected chi connectivity index (χ0v) is 22.9. The van der Waals surface area contributed by atoms with Gasteiger partial charge < -0.3 is 25.0 Å². The fourth-order valence-corrected chi connectivity index (χ4v) is 6.09. The Kier molecular flexibility index (Phi) is 6.30. The molecule has 3 aromatic rings. The first-order valence-corrected chi connectivity index (χ1v) is 13.9. The van der Waals surface area contributed by atoms with Crippen LogP contribution in [-0.4, -0.2) is 69.2 Å². The number of aliphatic imine (C=N–C) groups is 1. The first kappa shape index (κ1) is 25.1. The number of carbonyl (C=O) groups excluding carboxylic acids is 1. The number of benzene rings is 1. The van der Waals surface area contributed by atoms with E-state index in [4.69, 9.17) is 25.2 Å².